The summed E-state index contributed by atoms with van der Waals surface area (Å²) in [6, 6.07) is 0. The fourth-order valence-corrected chi connectivity index (χ4v) is 3.91. The molecule has 2 aromatic rings. The molecule has 2 fully saturated rings. The lowest BCUT2D eigenvalue weighted by Gasteiger charge is -2.46. The highest BCUT2D eigenvalue weighted by Gasteiger charge is 2.43. The minimum absolute atomic E-state index is 0.00168. The Balaban J connectivity index is 1.81. The lowest BCUT2D eigenvalue weighted by molar-refractivity contribution is -0.166. The summed E-state index contributed by atoms with van der Waals surface area (Å²) in [5, 5.41) is 0.166. The predicted molar refractivity (Wildman–Crippen MR) is 85.7 cm³/mol. The summed E-state index contributed by atoms with van der Waals surface area (Å²) in [5.41, 5.74) is 10.8. The van der Waals surface area contributed by atoms with Crippen molar-refractivity contribution in [1.82, 2.24) is 15.0 Å². The van der Waals surface area contributed by atoms with Crippen LogP contribution in [-0.4, -0.2) is 27.2 Å². The van der Waals surface area contributed by atoms with Crippen LogP contribution in [0, 0.1) is 0 Å². The molecule has 4 rings (SSSR count). The van der Waals surface area contributed by atoms with Gasteiger partial charge in [0.2, 0.25) is 5.95 Å². The molecule has 0 aromatic carbocycles. The smallest absolute Gasteiger partial charge is 0.383 e. The molecule has 0 bridgehead atoms. The molecule has 134 valence electrons. The van der Waals surface area contributed by atoms with Crippen molar-refractivity contribution in [2.45, 2.75) is 49.8 Å². The van der Waals surface area contributed by atoms with Crippen LogP contribution in [0.4, 0.5) is 24.9 Å². The van der Waals surface area contributed by atoms with Crippen molar-refractivity contribution in [3.05, 3.63) is 17.5 Å². The zero-order valence-corrected chi connectivity index (χ0v) is 13.4. The molecular formula is C16H18F3N5O. The molecule has 0 radical (unpaired) electrons. The minimum Gasteiger partial charge on any atom is -0.383 e. The monoisotopic (exact) mass is 353 g/mol. The number of hydrogen-bond donors (Lipinski definition) is 2. The Morgan fingerprint density at radius 3 is 2.36 bits per heavy atom. The largest absolute Gasteiger partial charge is 0.419 e. The summed E-state index contributed by atoms with van der Waals surface area (Å²) in [6.45, 7) is 0.778. The Bertz CT molecular complexity index is 825. The second kappa shape index (κ2) is 5.42. The van der Waals surface area contributed by atoms with Crippen LogP contribution in [0.1, 0.15) is 49.3 Å². The highest BCUT2D eigenvalue weighted by Crippen LogP contribution is 2.47. The molecule has 1 aliphatic heterocycles. The molecule has 0 unspecified atom stereocenters. The molecule has 2 aliphatic rings. The fraction of sp³-hybridized carbons (Fsp3) is 0.562. The van der Waals surface area contributed by atoms with Gasteiger partial charge in [-0.2, -0.15) is 13.2 Å². The molecule has 1 aliphatic carbocycles. The van der Waals surface area contributed by atoms with Crippen LogP contribution in [-0.2, 0) is 10.9 Å². The number of nitrogens with two attached hydrogens (primary N) is 2. The lowest BCUT2D eigenvalue weighted by Crippen LogP contribution is -2.46. The van der Waals surface area contributed by atoms with E-state index in [4.69, 9.17) is 16.2 Å². The van der Waals surface area contributed by atoms with Gasteiger partial charge in [0, 0.05) is 12.1 Å². The first kappa shape index (κ1) is 16.3. The summed E-state index contributed by atoms with van der Waals surface area (Å²) >= 11 is 0. The van der Waals surface area contributed by atoms with E-state index in [1.54, 1.807) is 0 Å². The molecule has 6 nitrogen and oxygen atoms in total. The van der Waals surface area contributed by atoms with Crippen molar-refractivity contribution in [2.75, 3.05) is 18.1 Å². The zero-order valence-electron chi connectivity index (χ0n) is 13.4. The van der Waals surface area contributed by atoms with Crippen molar-refractivity contribution in [3.63, 3.8) is 0 Å². The Hall–Kier alpha value is -2.16. The maximum Gasteiger partial charge on any atom is 0.419 e. The average molecular weight is 353 g/mol. The first-order valence-electron chi connectivity index (χ1n) is 8.22. The van der Waals surface area contributed by atoms with Crippen LogP contribution >= 0.6 is 0 Å². The van der Waals surface area contributed by atoms with E-state index < -0.39 is 11.7 Å². The normalized spacial score (nSPS) is 26.8. The van der Waals surface area contributed by atoms with Crippen molar-refractivity contribution >= 4 is 22.7 Å². The van der Waals surface area contributed by atoms with Crippen molar-refractivity contribution in [2.24, 2.45) is 0 Å². The molecular weight excluding hydrogens is 335 g/mol. The van der Waals surface area contributed by atoms with E-state index >= 15 is 0 Å². The third-order valence-corrected chi connectivity index (χ3v) is 5.35. The number of hydrogen-bond acceptors (Lipinski definition) is 6. The van der Waals surface area contributed by atoms with E-state index in [0.717, 1.165) is 38.7 Å². The number of pyridine rings is 1. The number of ether oxygens (including phenoxy) is 1. The van der Waals surface area contributed by atoms with Crippen LogP contribution in [0.2, 0.25) is 0 Å². The summed E-state index contributed by atoms with van der Waals surface area (Å²) < 4.78 is 45.6. The molecule has 2 aromatic heterocycles. The molecule has 1 spiro atoms. The van der Waals surface area contributed by atoms with Crippen LogP contribution in [0.5, 0.6) is 0 Å². The van der Waals surface area contributed by atoms with Gasteiger partial charge in [-0.15, -0.1) is 0 Å². The number of halogens is 3. The van der Waals surface area contributed by atoms with Gasteiger partial charge in [0.1, 0.15) is 11.4 Å². The van der Waals surface area contributed by atoms with Crippen LogP contribution in [0.15, 0.2) is 6.20 Å². The number of rotatable bonds is 1. The van der Waals surface area contributed by atoms with Crippen molar-refractivity contribution in [3.8, 4) is 0 Å². The maximum atomic E-state index is 13.3. The molecule has 0 amide bonds. The first-order chi connectivity index (χ1) is 11.8. The summed E-state index contributed by atoms with van der Waals surface area (Å²) in [6.07, 6.45) is 0.390. The molecule has 1 saturated heterocycles. The van der Waals surface area contributed by atoms with Crippen LogP contribution < -0.4 is 11.5 Å². The van der Waals surface area contributed by atoms with Gasteiger partial charge in [0.15, 0.2) is 0 Å². The van der Waals surface area contributed by atoms with E-state index in [2.05, 4.69) is 15.0 Å². The van der Waals surface area contributed by atoms with Crippen molar-refractivity contribution in [1.29, 1.82) is 0 Å². The Kier molecular flexibility index (Phi) is 3.54. The van der Waals surface area contributed by atoms with E-state index in [9.17, 15) is 13.2 Å². The van der Waals surface area contributed by atoms with E-state index in [-0.39, 0.29) is 34.2 Å². The lowest BCUT2D eigenvalue weighted by atomic mass is 9.73. The van der Waals surface area contributed by atoms with Crippen LogP contribution in [0.25, 0.3) is 10.9 Å². The number of fused-ring (bicyclic) bond motifs is 1. The highest BCUT2D eigenvalue weighted by atomic mass is 19.4. The highest BCUT2D eigenvalue weighted by molar-refractivity contribution is 5.93. The number of aromatic nitrogens is 3. The van der Waals surface area contributed by atoms with E-state index in [0.29, 0.717) is 11.9 Å². The van der Waals surface area contributed by atoms with Crippen LogP contribution in [0.3, 0.4) is 0 Å². The molecule has 1 saturated carbocycles. The Labute approximate surface area is 141 Å². The second-order valence-corrected chi connectivity index (χ2v) is 6.80. The quantitative estimate of drug-likeness (QED) is 0.817. The third-order valence-electron chi connectivity index (χ3n) is 5.35. The van der Waals surface area contributed by atoms with Crippen molar-refractivity contribution < 1.29 is 17.9 Å². The summed E-state index contributed by atoms with van der Waals surface area (Å²) in [5.74, 6) is -0.216. The van der Waals surface area contributed by atoms with E-state index in [1.165, 1.54) is 0 Å². The van der Waals surface area contributed by atoms with Gasteiger partial charge in [0.05, 0.1) is 28.8 Å². The van der Waals surface area contributed by atoms with Gasteiger partial charge in [0.25, 0.3) is 0 Å². The summed E-state index contributed by atoms with van der Waals surface area (Å²) in [7, 11) is 0. The summed E-state index contributed by atoms with van der Waals surface area (Å²) in [4.78, 5) is 11.8. The molecule has 25 heavy (non-hydrogen) atoms. The Morgan fingerprint density at radius 1 is 1.12 bits per heavy atom. The molecule has 3 heterocycles. The van der Waals surface area contributed by atoms with E-state index in [1.807, 2.05) is 0 Å². The molecule has 0 atom stereocenters. The number of nitrogens with zero attached hydrogens (tertiary/aromatic N) is 3. The maximum absolute atomic E-state index is 13.3. The number of nitrogen functional groups attached to an aromatic ring is 2. The zero-order chi connectivity index (χ0) is 17.8. The molecule has 9 heteroatoms. The standard InChI is InChI=1S/C16H18F3N5O/c17-16(18,19)9-7-22-13(20)10-11(23-14(21)24-12(9)10)8-1-3-15(4-2-8)5-6-25-15/h7-8H,1-6H2,(H2,20,22)(H2,21,23,24). The molecule has 4 N–H and O–H groups in total. The van der Waals surface area contributed by atoms with Gasteiger partial charge in [-0.05, 0) is 32.1 Å². The second-order valence-electron chi connectivity index (χ2n) is 6.80. The third kappa shape index (κ3) is 2.66. The number of alkyl halides is 3. The fourth-order valence-electron chi connectivity index (χ4n) is 3.91. The topological polar surface area (TPSA) is 99.9 Å². The average Bonchev–Trinajstić information content (AvgIpc) is 2.51. The number of anilines is 2. The predicted octanol–water partition coefficient (Wildman–Crippen LogP) is 3.02. The first-order valence-corrected chi connectivity index (χ1v) is 8.22. The Morgan fingerprint density at radius 2 is 1.80 bits per heavy atom. The SMILES string of the molecule is Nc1nc(C2CCC3(CCO3)CC2)c2c(N)ncc(C(F)(F)F)c2n1. The van der Waals surface area contributed by atoms with Gasteiger partial charge in [-0.3, -0.25) is 0 Å². The van der Waals surface area contributed by atoms with Gasteiger partial charge >= 0.3 is 6.18 Å². The minimum atomic E-state index is -4.59. The van der Waals surface area contributed by atoms with Gasteiger partial charge in [-0.25, -0.2) is 15.0 Å². The van der Waals surface area contributed by atoms with Gasteiger partial charge in [-0.1, -0.05) is 0 Å². The van der Waals surface area contributed by atoms with Gasteiger partial charge < -0.3 is 16.2 Å².